The molecule has 1 N–H and O–H groups in total. The Labute approximate surface area is 115 Å². The molecular weight excluding hydrogens is 270 g/mol. The number of H-pyrrole nitrogens is 1. The first-order chi connectivity index (χ1) is 8.54. The monoisotopic (exact) mass is 285 g/mol. The second-order valence-electron chi connectivity index (χ2n) is 4.20. The van der Waals surface area contributed by atoms with E-state index < -0.39 is 0 Å². The van der Waals surface area contributed by atoms with Gasteiger partial charge >= 0.3 is 5.69 Å². The summed E-state index contributed by atoms with van der Waals surface area (Å²) in [5.41, 5.74) is 0.441. The molecule has 0 aromatic carbocycles. The van der Waals surface area contributed by atoms with Gasteiger partial charge in [0.1, 0.15) is 5.52 Å². The molecule has 0 bridgehead atoms. The van der Waals surface area contributed by atoms with E-state index >= 15 is 0 Å². The lowest BCUT2D eigenvalue weighted by Crippen LogP contribution is -2.36. The lowest BCUT2D eigenvalue weighted by Gasteiger charge is -2.08. The van der Waals surface area contributed by atoms with Crippen LogP contribution >= 0.6 is 25.3 Å². The number of hydrogen-bond donors (Lipinski definition) is 3. The predicted octanol–water partition coefficient (Wildman–Crippen LogP) is 0.647. The van der Waals surface area contributed by atoms with Gasteiger partial charge < -0.3 is 9.55 Å². The molecule has 98 valence electrons. The van der Waals surface area contributed by atoms with E-state index in [-0.39, 0.29) is 16.5 Å². The van der Waals surface area contributed by atoms with Gasteiger partial charge in [-0.25, -0.2) is 4.79 Å². The second kappa shape index (κ2) is 5.27. The smallest absolute Gasteiger partial charge is 0.328 e. The van der Waals surface area contributed by atoms with Gasteiger partial charge in [0.2, 0.25) is 0 Å². The van der Waals surface area contributed by atoms with Crippen LogP contribution in [0.2, 0.25) is 0 Å². The van der Waals surface area contributed by atoms with Crippen molar-refractivity contribution in [1.29, 1.82) is 0 Å². The second-order valence-corrected chi connectivity index (χ2v) is 5.30. The van der Waals surface area contributed by atoms with Gasteiger partial charge in [-0.1, -0.05) is 0 Å². The van der Waals surface area contributed by atoms with Crippen molar-refractivity contribution in [3.05, 3.63) is 33.1 Å². The van der Waals surface area contributed by atoms with Crippen LogP contribution in [0.25, 0.3) is 11.0 Å². The van der Waals surface area contributed by atoms with E-state index in [1.807, 2.05) is 0 Å². The van der Waals surface area contributed by atoms with E-state index in [4.69, 9.17) is 0 Å². The van der Waals surface area contributed by atoms with Crippen LogP contribution in [0.1, 0.15) is 6.42 Å². The fourth-order valence-corrected chi connectivity index (χ4v) is 2.17. The average molecular weight is 285 g/mol. The summed E-state index contributed by atoms with van der Waals surface area (Å²) in [5, 5.41) is 0.0729. The highest BCUT2D eigenvalue weighted by molar-refractivity contribution is 7.84. The molecule has 2 rings (SSSR count). The third-order valence-corrected chi connectivity index (χ3v) is 4.07. The molecule has 2 heterocycles. The Balaban J connectivity index is 2.47. The maximum absolute atomic E-state index is 12.2. The Hall–Kier alpha value is -1.08. The zero-order chi connectivity index (χ0) is 13.3. The standard InChI is InChI=1S/C11H15N3O2S2/c1-13-4-3-8-9(13)10(15)14(11(16)12-8)5-2-7(18)6-17/h3-4,7,17-18H,2,5-6H2,1H3,(H,12,16). The maximum atomic E-state index is 12.2. The Kier molecular flexibility index (Phi) is 3.91. The SMILES string of the molecule is Cn1ccc2[nH]c(=O)n(CCC(S)CS)c(=O)c21. The number of thiol groups is 2. The van der Waals surface area contributed by atoms with Crippen molar-refractivity contribution in [3.8, 4) is 0 Å². The van der Waals surface area contributed by atoms with Crippen molar-refractivity contribution in [2.45, 2.75) is 18.2 Å². The number of rotatable bonds is 4. The van der Waals surface area contributed by atoms with Crippen LogP contribution in [0.15, 0.2) is 21.9 Å². The normalized spacial score (nSPS) is 13.1. The average Bonchev–Trinajstić information content (AvgIpc) is 2.70. The van der Waals surface area contributed by atoms with Gasteiger partial charge in [-0.3, -0.25) is 9.36 Å². The molecule has 0 radical (unpaired) electrons. The van der Waals surface area contributed by atoms with Gasteiger partial charge in [0.05, 0.1) is 5.52 Å². The third kappa shape index (κ3) is 2.37. The summed E-state index contributed by atoms with van der Waals surface area (Å²) in [5.74, 6) is 0.613. The highest BCUT2D eigenvalue weighted by atomic mass is 32.1. The number of nitrogens with one attached hydrogen (secondary N) is 1. The molecule has 18 heavy (non-hydrogen) atoms. The van der Waals surface area contributed by atoms with E-state index in [2.05, 4.69) is 30.2 Å². The van der Waals surface area contributed by atoms with E-state index in [1.54, 1.807) is 23.9 Å². The Morgan fingerprint density at radius 3 is 2.83 bits per heavy atom. The summed E-state index contributed by atoms with van der Waals surface area (Å²) in [6.45, 7) is 0.351. The summed E-state index contributed by atoms with van der Waals surface area (Å²) in [6, 6.07) is 1.72. The summed E-state index contributed by atoms with van der Waals surface area (Å²) in [4.78, 5) is 26.7. The molecule has 0 fully saturated rings. The first-order valence-corrected chi connectivity index (χ1v) is 6.76. The van der Waals surface area contributed by atoms with Gasteiger partial charge in [-0.2, -0.15) is 25.3 Å². The van der Waals surface area contributed by atoms with Crippen LogP contribution in [-0.4, -0.2) is 25.1 Å². The van der Waals surface area contributed by atoms with Gasteiger partial charge in [-0.15, -0.1) is 0 Å². The quantitative estimate of drug-likeness (QED) is 0.722. The Morgan fingerprint density at radius 1 is 1.44 bits per heavy atom. The van der Waals surface area contributed by atoms with Gasteiger partial charge in [0.15, 0.2) is 0 Å². The third-order valence-electron chi connectivity index (χ3n) is 2.90. The molecule has 7 heteroatoms. The first-order valence-electron chi connectivity index (χ1n) is 5.61. The molecule has 0 saturated carbocycles. The lowest BCUT2D eigenvalue weighted by atomic mass is 10.3. The van der Waals surface area contributed by atoms with Crippen molar-refractivity contribution in [2.75, 3.05) is 5.75 Å². The largest absolute Gasteiger partial charge is 0.345 e. The summed E-state index contributed by atoms with van der Waals surface area (Å²) in [7, 11) is 1.78. The molecule has 1 unspecified atom stereocenters. The molecule has 0 aliphatic rings. The van der Waals surface area contributed by atoms with Crippen LogP contribution in [0.4, 0.5) is 0 Å². The molecule has 0 amide bonds. The number of aromatic nitrogens is 3. The summed E-state index contributed by atoms with van der Waals surface area (Å²) < 4.78 is 2.93. The number of hydrogen-bond acceptors (Lipinski definition) is 4. The van der Waals surface area contributed by atoms with E-state index in [0.717, 1.165) is 0 Å². The molecule has 2 aromatic heterocycles. The van der Waals surface area contributed by atoms with Crippen LogP contribution in [-0.2, 0) is 13.6 Å². The minimum atomic E-state index is -0.376. The highest BCUT2D eigenvalue weighted by Crippen LogP contribution is 2.06. The Bertz CT molecular complexity index is 671. The minimum Gasteiger partial charge on any atom is -0.345 e. The highest BCUT2D eigenvalue weighted by Gasteiger charge is 2.11. The van der Waals surface area contributed by atoms with Gasteiger partial charge in [0, 0.05) is 30.8 Å². The fraction of sp³-hybridized carbons (Fsp3) is 0.455. The van der Waals surface area contributed by atoms with Crippen molar-refractivity contribution in [1.82, 2.24) is 14.1 Å². The van der Waals surface area contributed by atoms with E-state index in [1.165, 1.54) is 4.57 Å². The van der Waals surface area contributed by atoms with Gasteiger partial charge in [-0.05, 0) is 12.5 Å². The van der Waals surface area contributed by atoms with Crippen LogP contribution in [0.5, 0.6) is 0 Å². The molecule has 0 aliphatic heterocycles. The molecule has 0 saturated heterocycles. The van der Waals surface area contributed by atoms with Crippen molar-refractivity contribution < 1.29 is 0 Å². The molecule has 2 aromatic rings. The predicted molar refractivity (Wildman–Crippen MR) is 79.0 cm³/mol. The number of fused-ring (bicyclic) bond motifs is 1. The van der Waals surface area contributed by atoms with Crippen LogP contribution in [0.3, 0.4) is 0 Å². The van der Waals surface area contributed by atoms with Crippen LogP contribution in [0, 0.1) is 0 Å². The number of aromatic amines is 1. The van der Waals surface area contributed by atoms with Crippen LogP contribution < -0.4 is 11.2 Å². The van der Waals surface area contributed by atoms with E-state index in [0.29, 0.717) is 29.8 Å². The molecule has 0 aliphatic carbocycles. The molecule has 1 atom stereocenters. The molecule has 0 spiro atoms. The minimum absolute atomic E-state index is 0.0729. The van der Waals surface area contributed by atoms with Crippen molar-refractivity contribution >= 4 is 36.3 Å². The van der Waals surface area contributed by atoms with E-state index in [9.17, 15) is 9.59 Å². The maximum Gasteiger partial charge on any atom is 0.328 e. The summed E-state index contributed by atoms with van der Waals surface area (Å²) in [6.07, 6.45) is 2.38. The Morgan fingerprint density at radius 2 is 2.17 bits per heavy atom. The van der Waals surface area contributed by atoms with Gasteiger partial charge in [0.25, 0.3) is 5.56 Å². The zero-order valence-corrected chi connectivity index (χ0v) is 11.7. The molecular formula is C11H15N3O2S2. The number of aryl methyl sites for hydroxylation is 1. The first kappa shape index (κ1) is 13.4. The van der Waals surface area contributed by atoms with Crippen molar-refractivity contribution in [2.24, 2.45) is 7.05 Å². The zero-order valence-electron chi connectivity index (χ0n) is 9.96. The fourth-order valence-electron chi connectivity index (χ4n) is 1.87. The summed E-state index contributed by atoms with van der Waals surface area (Å²) >= 11 is 8.43. The topological polar surface area (TPSA) is 59.8 Å². The molecule has 5 nitrogen and oxygen atoms in total. The van der Waals surface area contributed by atoms with Crippen molar-refractivity contribution in [3.63, 3.8) is 0 Å². The lowest BCUT2D eigenvalue weighted by molar-refractivity contribution is 0.597. The number of nitrogens with zero attached hydrogens (tertiary/aromatic N) is 2.